The Morgan fingerprint density at radius 3 is 2.56 bits per heavy atom. The highest BCUT2D eigenvalue weighted by molar-refractivity contribution is 5.62. The normalized spacial score (nSPS) is 11.0. The lowest BCUT2D eigenvalue weighted by atomic mass is 10.1. The second kappa shape index (κ2) is 9.87. The lowest BCUT2D eigenvalue weighted by molar-refractivity contribution is 0.288. The van der Waals surface area contributed by atoms with Crippen molar-refractivity contribution in [2.45, 2.75) is 40.2 Å². The van der Waals surface area contributed by atoms with E-state index in [9.17, 15) is 4.79 Å². The summed E-state index contributed by atoms with van der Waals surface area (Å²) < 4.78 is 12.8. The van der Waals surface area contributed by atoms with E-state index in [0.29, 0.717) is 17.3 Å². The van der Waals surface area contributed by atoms with Crippen LogP contribution < -0.4 is 15.0 Å². The average Bonchev–Trinajstić information content (AvgIpc) is 2.86. The zero-order valence-corrected chi connectivity index (χ0v) is 20.1. The molecule has 4 rings (SSSR count). The first-order chi connectivity index (χ1) is 16.4. The fraction of sp³-hybridized carbons (Fsp3) is 0.259. The second-order valence-electron chi connectivity index (χ2n) is 8.38. The van der Waals surface area contributed by atoms with E-state index in [1.807, 2.05) is 54.6 Å². The number of hydrogen-bond donors (Lipinski definition) is 0. The molecule has 0 N–H and O–H groups in total. The van der Waals surface area contributed by atoms with Gasteiger partial charge in [0.2, 0.25) is 5.88 Å². The Hall–Kier alpha value is -4.00. The maximum atomic E-state index is 13.3. The summed E-state index contributed by atoms with van der Waals surface area (Å²) in [7, 11) is 1.62. The summed E-state index contributed by atoms with van der Waals surface area (Å²) in [5.74, 6) is 2.63. The van der Waals surface area contributed by atoms with Crippen LogP contribution in [-0.2, 0) is 6.61 Å². The van der Waals surface area contributed by atoms with Crippen molar-refractivity contribution in [2.75, 3.05) is 7.11 Å². The Kier molecular flexibility index (Phi) is 6.72. The summed E-state index contributed by atoms with van der Waals surface area (Å²) in [6, 6.07) is 17.2. The second-order valence-corrected chi connectivity index (χ2v) is 8.38. The van der Waals surface area contributed by atoms with Crippen LogP contribution in [0.1, 0.15) is 42.5 Å². The third-order valence-electron chi connectivity index (χ3n) is 5.53. The third kappa shape index (κ3) is 4.83. The highest BCUT2D eigenvalue weighted by Crippen LogP contribution is 2.23. The van der Waals surface area contributed by atoms with Crippen molar-refractivity contribution >= 4 is 0 Å². The Bertz CT molecular complexity index is 1380. The van der Waals surface area contributed by atoms with E-state index < -0.39 is 0 Å². The van der Waals surface area contributed by atoms with Gasteiger partial charge in [0.1, 0.15) is 24.0 Å². The first-order valence-corrected chi connectivity index (χ1v) is 11.2. The van der Waals surface area contributed by atoms with Crippen LogP contribution in [0.5, 0.6) is 11.6 Å². The van der Waals surface area contributed by atoms with Crippen LogP contribution >= 0.6 is 0 Å². The minimum Gasteiger partial charge on any atom is -0.497 e. The van der Waals surface area contributed by atoms with Crippen molar-refractivity contribution in [3.05, 3.63) is 93.9 Å². The van der Waals surface area contributed by atoms with Gasteiger partial charge in [0.05, 0.1) is 24.1 Å². The number of nitrogens with zero attached hydrogens (tertiary/aromatic N) is 4. The highest BCUT2D eigenvalue weighted by atomic mass is 16.5. The number of aromatic nitrogens is 4. The van der Waals surface area contributed by atoms with Gasteiger partial charge >= 0.3 is 0 Å². The van der Waals surface area contributed by atoms with E-state index in [0.717, 1.165) is 34.1 Å². The molecule has 0 spiro atoms. The minimum atomic E-state index is -0.171. The third-order valence-corrected chi connectivity index (χ3v) is 5.53. The highest BCUT2D eigenvalue weighted by Gasteiger charge is 2.15. The number of ether oxygens (including phenoxy) is 2. The Morgan fingerprint density at radius 2 is 1.79 bits per heavy atom. The molecule has 2 aromatic heterocycles. The quantitative estimate of drug-likeness (QED) is 0.389. The van der Waals surface area contributed by atoms with Gasteiger partial charge in [0.25, 0.3) is 5.56 Å². The molecule has 4 aromatic rings. The van der Waals surface area contributed by atoms with Crippen LogP contribution in [0.25, 0.3) is 16.9 Å². The summed E-state index contributed by atoms with van der Waals surface area (Å²) >= 11 is 0. The predicted molar refractivity (Wildman–Crippen MR) is 132 cm³/mol. The average molecular weight is 457 g/mol. The van der Waals surface area contributed by atoms with Crippen molar-refractivity contribution in [3.63, 3.8) is 0 Å². The largest absolute Gasteiger partial charge is 0.497 e. The van der Waals surface area contributed by atoms with Gasteiger partial charge in [-0.1, -0.05) is 38.1 Å². The molecular weight excluding hydrogens is 428 g/mol. The molecule has 34 heavy (non-hydrogen) atoms. The van der Waals surface area contributed by atoms with Crippen LogP contribution in [0.2, 0.25) is 0 Å². The molecular formula is C27H28N4O3. The molecule has 0 aliphatic rings. The maximum Gasteiger partial charge on any atom is 0.264 e. The van der Waals surface area contributed by atoms with E-state index in [1.165, 1.54) is 0 Å². The molecule has 0 amide bonds. The number of hydrogen-bond acceptors (Lipinski definition) is 6. The van der Waals surface area contributed by atoms with Crippen molar-refractivity contribution < 1.29 is 9.47 Å². The van der Waals surface area contributed by atoms with Crippen LogP contribution in [0.15, 0.2) is 65.6 Å². The van der Waals surface area contributed by atoms with Gasteiger partial charge in [-0.05, 0) is 49.7 Å². The summed E-state index contributed by atoms with van der Waals surface area (Å²) in [5.41, 5.74) is 3.65. The molecule has 174 valence electrons. The van der Waals surface area contributed by atoms with Gasteiger partial charge in [0, 0.05) is 17.7 Å². The molecule has 0 unspecified atom stereocenters. The summed E-state index contributed by atoms with van der Waals surface area (Å²) in [6.07, 6.45) is 1.77. The van der Waals surface area contributed by atoms with Gasteiger partial charge in [-0.15, -0.1) is 0 Å². The fourth-order valence-electron chi connectivity index (χ4n) is 3.66. The van der Waals surface area contributed by atoms with Crippen LogP contribution in [0.4, 0.5) is 0 Å². The first kappa shape index (κ1) is 23.2. The molecule has 0 atom stereocenters. The molecule has 7 heteroatoms. The molecule has 0 radical (unpaired) electrons. The molecule has 7 nitrogen and oxygen atoms in total. The number of aryl methyl sites for hydroxylation is 1. The van der Waals surface area contributed by atoms with Crippen LogP contribution in [0, 0.1) is 13.8 Å². The molecule has 2 heterocycles. The minimum absolute atomic E-state index is 0.171. The smallest absolute Gasteiger partial charge is 0.264 e. The van der Waals surface area contributed by atoms with Crippen molar-refractivity contribution in [2.24, 2.45) is 0 Å². The molecule has 0 aliphatic heterocycles. The fourth-order valence-corrected chi connectivity index (χ4v) is 3.66. The lowest BCUT2D eigenvalue weighted by Crippen LogP contribution is -2.25. The number of rotatable bonds is 7. The molecule has 0 bridgehead atoms. The Morgan fingerprint density at radius 1 is 1.00 bits per heavy atom. The van der Waals surface area contributed by atoms with Crippen molar-refractivity contribution in [1.29, 1.82) is 0 Å². The van der Waals surface area contributed by atoms with E-state index >= 15 is 0 Å². The van der Waals surface area contributed by atoms with Gasteiger partial charge in [-0.3, -0.25) is 9.36 Å². The van der Waals surface area contributed by atoms with Crippen molar-refractivity contribution in [3.8, 4) is 28.6 Å². The zero-order valence-electron chi connectivity index (χ0n) is 20.1. The Balaban J connectivity index is 1.65. The van der Waals surface area contributed by atoms with Gasteiger partial charge < -0.3 is 9.47 Å². The van der Waals surface area contributed by atoms with Gasteiger partial charge in [-0.2, -0.15) is 4.98 Å². The molecule has 0 saturated carbocycles. The maximum absolute atomic E-state index is 13.3. The van der Waals surface area contributed by atoms with E-state index in [1.54, 1.807) is 31.7 Å². The number of methoxy groups -OCH3 is 1. The molecule has 0 saturated heterocycles. The van der Waals surface area contributed by atoms with Crippen molar-refractivity contribution in [1.82, 2.24) is 19.5 Å². The Labute approximate surface area is 199 Å². The SMILES string of the molecule is COc1cccc(COc2nc(C)n(-c3cccc(-c4ccnc(C(C)C)n4)c3)c(=O)c2C)c1. The van der Waals surface area contributed by atoms with E-state index in [-0.39, 0.29) is 18.1 Å². The molecule has 0 fully saturated rings. The topological polar surface area (TPSA) is 79.1 Å². The summed E-state index contributed by atoms with van der Waals surface area (Å²) in [6.45, 7) is 7.94. The van der Waals surface area contributed by atoms with Gasteiger partial charge in [0.15, 0.2) is 0 Å². The predicted octanol–water partition coefficient (Wildman–Crippen LogP) is 5.02. The van der Waals surface area contributed by atoms with Gasteiger partial charge in [-0.25, -0.2) is 9.97 Å². The van der Waals surface area contributed by atoms with E-state index in [4.69, 9.17) is 9.47 Å². The first-order valence-electron chi connectivity index (χ1n) is 11.2. The lowest BCUT2D eigenvalue weighted by Gasteiger charge is -2.15. The molecule has 0 aliphatic carbocycles. The molecule has 2 aromatic carbocycles. The zero-order chi connectivity index (χ0) is 24.2. The standard InChI is InChI=1S/C27H28N4O3/c1-17(2)25-28-13-12-24(30-25)21-9-7-10-22(15-21)31-19(4)29-26(18(3)27(31)32)34-16-20-8-6-11-23(14-20)33-5/h6-15,17H,16H2,1-5H3. The monoisotopic (exact) mass is 456 g/mol. The van der Waals surface area contributed by atoms with Crippen LogP contribution in [-0.4, -0.2) is 26.6 Å². The van der Waals surface area contributed by atoms with Crippen LogP contribution in [0.3, 0.4) is 0 Å². The van der Waals surface area contributed by atoms with E-state index in [2.05, 4.69) is 28.8 Å². The number of benzene rings is 2. The summed E-state index contributed by atoms with van der Waals surface area (Å²) in [4.78, 5) is 26.9. The summed E-state index contributed by atoms with van der Waals surface area (Å²) in [5, 5.41) is 0.